The summed E-state index contributed by atoms with van der Waals surface area (Å²) in [6.07, 6.45) is 0. The van der Waals surface area contributed by atoms with E-state index >= 15 is 0 Å². The average Bonchev–Trinajstić information content (AvgIpc) is 2.70. The highest BCUT2D eigenvalue weighted by molar-refractivity contribution is 7.80. The quantitative estimate of drug-likeness (QED) is 0.650. The number of quaternary nitrogens is 1. The van der Waals surface area contributed by atoms with Crippen LogP contribution in [0.3, 0.4) is 0 Å². The fourth-order valence-electron chi connectivity index (χ4n) is 3.50. The second-order valence-electron chi connectivity index (χ2n) is 7.49. The summed E-state index contributed by atoms with van der Waals surface area (Å²) in [5.74, 6) is 0.293. The molecular weight excluding hydrogens is 373 g/mol. The van der Waals surface area contributed by atoms with Crippen LogP contribution in [0.5, 0.6) is 0 Å². The summed E-state index contributed by atoms with van der Waals surface area (Å²) in [5.41, 5.74) is 3.38. The maximum Gasteiger partial charge on any atom is 0.171 e. The van der Waals surface area contributed by atoms with Crippen molar-refractivity contribution in [2.24, 2.45) is 0 Å². The molecule has 1 heterocycles. The van der Waals surface area contributed by atoms with Crippen molar-refractivity contribution in [1.29, 1.82) is 0 Å². The average molecular weight is 403 g/mol. The number of rotatable bonds is 6. The number of halogens is 1. The third kappa shape index (κ3) is 5.74. The zero-order valence-corrected chi connectivity index (χ0v) is 17.3. The highest BCUT2D eigenvalue weighted by Crippen LogP contribution is 2.17. The first-order chi connectivity index (χ1) is 13.5. The van der Waals surface area contributed by atoms with E-state index < -0.39 is 0 Å². The van der Waals surface area contributed by atoms with Crippen molar-refractivity contribution in [3.05, 3.63) is 65.5 Å². The monoisotopic (exact) mass is 402 g/mol. The highest BCUT2D eigenvalue weighted by Gasteiger charge is 2.26. The first-order valence-corrected chi connectivity index (χ1v) is 10.3. The minimum absolute atomic E-state index is 0.188. The lowest BCUT2D eigenvalue weighted by molar-refractivity contribution is -0.937. The van der Waals surface area contributed by atoms with Gasteiger partial charge in [-0.15, -0.1) is 0 Å². The fraction of sp³-hybridized carbons (Fsp3) is 0.409. The first-order valence-electron chi connectivity index (χ1n) is 9.85. The Kier molecular flexibility index (Phi) is 7.36. The van der Waals surface area contributed by atoms with Crippen molar-refractivity contribution in [3.8, 4) is 0 Å². The smallest absolute Gasteiger partial charge is 0.171 e. The first kappa shape index (κ1) is 20.7. The number of hydrogen-bond acceptors (Lipinski definition) is 2. The predicted octanol–water partition coefficient (Wildman–Crippen LogP) is 2.89. The van der Waals surface area contributed by atoms with Gasteiger partial charge in [0.25, 0.3) is 0 Å². The largest absolute Gasteiger partial charge is 0.370 e. The Morgan fingerprint density at radius 1 is 1.04 bits per heavy atom. The molecule has 1 aliphatic heterocycles. The SMILES string of the molecule is CC(C)c1ccc(NC(=S)NC[C@H](c2ccc(F)cc2)[NH+]2CCOCC2)cc1. The third-order valence-corrected chi connectivity index (χ3v) is 5.45. The zero-order chi connectivity index (χ0) is 19.9. The maximum absolute atomic E-state index is 13.4. The normalized spacial score (nSPS) is 16.0. The molecule has 28 heavy (non-hydrogen) atoms. The molecule has 0 bridgehead atoms. The van der Waals surface area contributed by atoms with Crippen molar-refractivity contribution in [1.82, 2.24) is 5.32 Å². The molecule has 0 aromatic heterocycles. The van der Waals surface area contributed by atoms with E-state index in [9.17, 15) is 4.39 Å². The molecule has 0 amide bonds. The van der Waals surface area contributed by atoms with Crippen molar-refractivity contribution in [2.75, 3.05) is 38.2 Å². The third-order valence-electron chi connectivity index (χ3n) is 5.20. The van der Waals surface area contributed by atoms with Gasteiger partial charge >= 0.3 is 0 Å². The predicted molar refractivity (Wildman–Crippen MR) is 115 cm³/mol. The molecule has 3 N–H and O–H groups in total. The summed E-state index contributed by atoms with van der Waals surface area (Å²) in [4.78, 5) is 1.43. The lowest BCUT2D eigenvalue weighted by atomic mass is 10.0. The molecular formula is C22H29FN3OS+. The fourth-order valence-corrected chi connectivity index (χ4v) is 3.70. The number of nitrogens with one attached hydrogen (secondary N) is 3. The Bertz CT molecular complexity index is 758. The Balaban J connectivity index is 1.62. The molecule has 1 fully saturated rings. The molecule has 6 heteroatoms. The molecule has 3 rings (SSSR count). The van der Waals surface area contributed by atoms with Gasteiger partial charge < -0.3 is 20.3 Å². The number of anilines is 1. The van der Waals surface area contributed by atoms with E-state index in [0.29, 0.717) is 17.6 Å². The topological polar surface area (TPSA) is 37.7 Å². The van der Waals surface area contributed by atoms with Crippen molar-refractivity contribution in [3.63, 3.8) is 0 Å². The van der Waals surface area contributed by atoms with Gasteiger partial charge in [-0.05, 0) is 48.0 Å². The van der Waals surface area contributed by atoms with Gasteiger partial charge in [-0.1, -0.05) is 38.1 Å². The molecule has 1 saturated heterocycles. The summed E-state index contributed by atoms with van der Waals surface area (Å²) < 4.78 is 18.9. The number of hydrogen-bond donors (Lipinski definition) is 3. The molecule has 4 nitrogen and oxygen atoms in total. The van der Waals surface area contributed by atoms with Crippen LogP contribution in [0.2, 0.25) is 0 Å². The molecule has 150 valence electrons. The lowest BCUT2D eigenvalue weighted by Crippen LogP contribution is -3.15. The molecule has 2 aromatic rings. The van der Waals surface area contributed by atoms with E-state index in [4.69, 9.17) is 17.0 Å². The lowest BCUT2D eigenvalue weighted by Gasteiger charge is -2.32. The van der Waals surface area contributed by atoms with Gasteiger partial charge in [-0.3, -0.25) is 0 Å². The van der Waals surface area contributed by atoms with Gasteiger partial charge in [0.1, 0.15) is 24.9 Å². The number of ether oxygens (including phenoxy) is 1. The van der Waals surface area contributed by atoms with Gasteiger partial charge in [-0.2, -0.15) is 0 Å². The molecule has 0 unspecified atom stereocenters. The summed E-state index contributed by atoms with van der Waals surface area (Å²) in [5, 5.41) is 7.19. The minimum atomic E-state index is -0.213. The standard InChI is InChI=1S/C22H28FN3OS/c1-16(2)17-5-9-20(10-6-17)25-22(28)24-15-21(26-11-13-27-14-12-26)18-3-7-19(23)8-4-18/h3-10,16,21H,11-15H2,1-2H3,(H2,24,25,28)/p+1/t21-/m1/s1. The second kappa shape index (κ2) is 9.96. The van der Waals surface area contributed by atoms with Gasteiger partial charge in [0.05, 0.1) is 19.8 Å². The van der Waals surface area contributed by atoms with E-state index in [2.05, 4.69) is 36.6 Å². The Labute approximate surface area is 172 Å². The minimum Gasteiger partial charge on any atom is -0.370 e. The number of thiocarbonyl (C=S) groups is 1. The van der Waals surface area contributed by atoms with Crippen LogP contribution in [0.1, 0.15) is 36.9 Å². The maximum atomic E-state index is 13.4. The van der Waals surface area contributed by atoms with Crippen LogP contribution in [0.4, 0.5) is 10.1 Å². The molecule has 0 aliphatic carbocycles. The van der Waals surface area contributed by atoms with Crippen molar-refractivity contribution < 1.29 is 14.0 Å². The molecule has 0 saturated carbocycles. The van der Waals surface area contributed by atoms with Crippen LogP contribution in [0.25, 0.3) is 0 Å². The van der Waals surface area contributed by atoms with E-state index in [-0.39, 0.29) is 11.9 Å². The van der Waals surface area contributed by atoms with Crippen molar-refractivity contribution in [2.45, 2.75) is 25.8 Å². The molecule has 0 spiro atoms. The van der Waals surface area contributed by atoms with Gasteiger partial charge in [-0.25, -0.2) is 4.39 Å². The second-order valence-corrected chi connectivity index (χ2v) is 7.89. The molecule has 1 atom stereocenters. The summed E-state index contributed by atoms with van der Waals surface area (Å²) in [6, 6.07) is 15.3. The van der Waals surface area contributed by atoms with Crippen LogP contribution in [0, 0.1) is 5.82 Å². The van der Waals surface area contributed by atoms with Crippen molar-refractivity contribution >= 4 is 23.0 Å². The van der Waals surface area contributed by atoms with Gasteiger partial charge in [0.2, 0.25) is 0 Å². The summed E-state index contributed by atoms with van der Waals surface area (Å²) >= 11 is 5.49. The van der Waals surface area contributed by atoms with E-state index in [0.717, 1.165) is 37.6 Å². The van der Waals surface area contributed by atoms with Gasteiger partial charge in [0, 0.05) is 11.3 Å². The Morgan fingerprint density at radius 3 is 2.25 bits per heavy atom. The molecule has 0 radical (unpaired) electrons. The number of benzene rings is 2. The Morgan fingerprint density at radius 2 is 1.64 bits per heavy atom. The molecule has 2 aromatic carbocycles. The van der Waals surface area contributed by atoms with Gasteiger partial charge in [0.15, 0.2) is 5.11 Å². The summed E-state index contributed by atoms with van der Waals surface area (Å²) in [6.45, 7) is 8.39. The van der Waals surface area contributed by atoms with Crippen LogP contribution >= 0.6 is 12.2 Å². The number of morpholine rings is 1. The summed E-state index contributed by atoms with van der Waals surface area (Å²) in [7, 11) is 0. The van der Waals surface area contributed by atoms with Crippen LogP contribution in [-0.2, 0) is 4.74 Å². The van der Waals surface area contributed by atoms with Crippen LogP contribution in [-0.4, -0.2) is 38.0 Å². The van der Waals surface area contributed by atoms with E-state index in [1.165, 1.54) is 22.6 Å². The van der Waals surface area contributed by atoms with Crippen LogP contribution < -0.4 is 15.5 Å². The molecule has 1 aliphatic rings. The zero-order valence-electron chi connectivity index (χ0n) is 16.5. The van der Waals surface area contributed by atoms with E-state index in [1.54, 1.807) is 0 Å². The van der Waals surface area contributed by atoms with Crippen LogP contribution in [0.15, 0.2) is 48.5 Å². The Hall–Kier alpha value is -2.02. The highest BCUT2D eigenvalue weighted by atomic mass is 32.1. The van der Waals surface area contributed by atoms with E-state index in [1.807, 2.05) is 24.3 Å².